The molecule has 3 aliphatic carbocycles. The van der Waals surface area contributed by atoms with Crippen LogP contribution in [-0.4, -0.2) is 37.6 Å². The van der Waals surface area contributed by atoms with Gasteiger partial charge in [0, 0.05) is 26.2 Å². The van der Waals surface area contributed by atoms with E-state index in [1.54, 1.807) is 0 Å². The average molecular weight is 293 g/mol. The lowest BCUT2D eigenvalue weighted by Gasteiger charge is -2.36. The SMILES string of the molecule is CC(C)CNCC1(CN(CC2CC2)CC2CC2)CCCC1. The summed E-state index contributed by atoms with van der Waals surface area (Å²) < 4.78 is 0. The van der Waals surface area contributed by atoms with Crippen LogP contribution in [0.2, 0.25) is 0 Å². The van der Waals surface area contributed by atoms with Crippen LogP contribution in [-0.2, 0) is 0 Å². The molecule has 21 heavy (non-hydrogen) atoms. The number of nitrogens with one attached hydrogen (secondary N) is 1. The zero-order valence-corrected chi connectivity index (χ0v) is 14.4. The van der Waals surface area contributed by atoms with Crippen molar-refractivity contribution in [2.75, 3.05) is 32.7 Å². The van der Waals surface area contributed by atoms with E-state index in [1.165, 1.54) is 84.1 Å². The second-order valence-corrected chi connectivity index (χ2v) is 8.81. The van der Waals surface area contributed by atoms with Crippen molar-refractivity contribution >= 4 is 0 Å². The van der Waals surface area contributed by atoms with E-state index >= 15 is 0 Å². The molecule has 3 aliphatic rings. The predicted octanol–water partition coefficient (Wildman–Crippen LogP) is 3.91. The van der Waals surface area contributed by atoms with Gasteiger partial charge in [-0.15, -0.1) is 0 Å². The van der Waals surface area contributed by atoms with Crippen molar-refractivity contribution in [3.63, 3.8) is 0 Å². The van der Waals surface area contributed by atoms with E-state index in [0.717, 1.165) is 17.8 Å². The molecule has 0 aromatic rings. The molecule has 0 amide bonds. The van der Waals surface area contributed by atoms with Gasteiger partial charge in [-0.3, -0.25) is 0 Å². The fourth-order valence-electron chi connectivity index (χ4n) is 4.15. The van der Waals surface area contributed by atoms with Crippen molar-refractivity contribution in [2.45, 2.75) is 65.2 Å². The molecule has 3 rings (SSSR count). The van der Waals surface area contributed by atoms with E-state index in [9.17, 15) is 0 Å². The van der Waals surface area contributed by atoms with E-state index in [1.807, 2.05) is 0 Å². The van der Waals surface area contributed by atoms with Gasteiger partial charge in [0.2, 0.25) is 0 Å². The lowest BCUT2D eigenvalue weighted by atomic mass is 9.85. The standard InChI is InChI=1S/C19H36N2/c1-16(2)11-20-14-19(9-3-4-10-19)15-21(12-17-5-6-17)13-18-7-8-18/h16-18,20H,3-15H2,1-2H3. The fourth-order valence-corrected chi connectivity index (χ4v) is 4.15. The average Bonchev–Trinajstić information content (AvgIpc) is 3.33. The van der Waals surface area contributed by atoms with Crippen molar-refractivity contribution in [3.05, 3.63) is 0 Å². The molecular formula is C19H36N2. The third-order valence-corrected chi connectivity index (χ3v) is 5.70. The Balaban J connectivity index is 1.52. The highest BCUT2D eigenvalue weighted by Gasteiger charge is 2.38. The molecule has 1 N–H and O–H groups in total. The highest BCUT2D eigenvalue weighted by atomic mass is 15.1. The van der Waals surface area contributed by atoms with Crippen molar-refractivity contribution < 1.29 is 0 Å². The molecule has 3 saturated carbocycles. The maximum atomic E-state index is 3.78. The summed E-state index contributed by atoms with van der Waals surface area (Å²) in [5.74, 6) is 2.87. The molecule has 0 spiro atoms. The van der Waals surface area contributed by atoms with Gasteiger partial charge in [-0.1, -0.05) is 26.7 Å². The Kier molecular flexibility index (Phi) is 5.27. The molecule has 0 saturated heterocycles. The summed E-state index contributed by atoms with van der Waals surface area (Å²) in [4.78, 5) is 2.87. The van der Waals surface area contributed by atoms with Gasteiger partial charge in [0.25, 0.3) is 0 Å². The monoisotopic (exact) mass is 292 g/mol. The van der Waals surface area contributed by atoms with Crippen LogP contribution >= 0.6 is 0 Å². The van der Waals surface area contributed by atoms with Crippen LogP contribution in [0, 0.1) is 23.2 Å². The van der Waals surface area contributed by atoms with Crippen molar-refractivity contribution in [1.82, 2.24) is 10.2 Å². The summed E-state index contributed by atoms with van der Waals surface area (Å²) in [6.07, 6.45) is 11.8. The van der Waals surface area contributed by atoms with E-state index < -0.39 is 0 Å². The minimum atomic E-state index is 0.596. The molecule has 0 bridgehead atoms. The molecule has 0 heterocycles. The second-order valence-electron chi connectivity index (χ2n) is 8.81. The van der Waals surface area contributed by atoms with Crippen LogP contribution in [0.3, 0.4) is 0 Å². The van der Waals surface area contributed by atoms with Gasteiger partial charge in [-0.25, -0.2) is 0 Å². The molecule has 2 nitrogen and oxygen atoms in total. The Hall–Kier alpha value is -0.0800. The molecule has 3 fully saturated rings. The van der Waals surface area contributed by atoms with Crippen LogP contribution in [0.1, 0.15) is 65.2 Å². The summed E-state index contributed by atoms with van der Waals surface area (Å²) in [5.41, 5.74) is 0.596. The topological polar surface area (TPSA) is 15.3 Å². The molecule has 0 radical (unpaired) electrons. The fraction of sp³-hybridized carbons (Fsp3) is 1.00. The first-order valence-electron chi connectivity index (χ1n) is 9.58. The highest BCUT2D eigenvalue weighted by molar-refractivity contribution is 4.92. The maximum Gasteiger partial charge on any atom is 0.00504 e. The molecule has 0 unspecified atom stereocenters. The zero-order valence-electron chi connectivity index (χ0n) is 14.4. The van der Waals surface area contributed by atoms with Gasteiger partial charge >= 0.3 is 0 Å². The lowest BCUT2D eigenvalue weighted by molar-refractivity contribution is 0.138. The zero-order chi connectivity index (χ0) is 14.7. The third-order valence-electron chi connectivity index (χ3n) is 5.70. The summed E-state index contributed by atoms with van der Waals surface area (Å²) in [7, 11) is 0. The number of hydrogen-bond acceptors (Lipinski definition) is 2. The first-order chi connectivity index (χ1) is 10.2. The van der Waals surface area contributed by atoms with Crippen LogP contribution in [0.25, 0.3) is 0 Å². The van der Waals surface area contributed by atoms with Crippen molar-refractivity contribution in [3.8, 4) is 0 Å². The van der Waals surface area contributed by atoms with Crippen LogP contribution in [0.4, 0.5) is 0 Å². The Labute approximate surface area is 132 Å². The highest BCUT2D eigenvalue weighted by Crippen LogP contribution is 2.41. The molecule has 0 aliphatic heterocycles. The predicted molar refractivity (Wildman–Crippen MR) is 90.5 cm³/mol. The number of hydrogen-bond donors (Lipinski definition) is 1. The molecule has 0 aromatic heterocycles. The minimum absolute atomic E-state index is 0.596. The normalized spacial score (nSPS) is 25.1. The van der Waals surface area contributed by atoms with Crippen molar-refractivity contribution in [1.29, 1.82) is 0 Å². The number of nitrogens with zero attached hydrogens (tertiary/aromatic N) is 1. The summed E-state index contributed by atoms with van der Waals surface area (Å²) in [6.45, 7) is 11.3. The van der Waals surface area contributed by atoms with E-state index in [-0.39, 0.29) is 0 Å². The Morgan fingerprint density at radius 2 is 1.57 bits per heavy atom. The molecular weight excluding hydrogens is 256 g/mol. The van der Waals surface area contributed by atoms with Gasteiger partial charge in [-0.2, -0.15) is 0 Å². The Bertz CT molecular complexity index is 298. The van der Waals surface area contributed by atoms with E-state index in [0.29, 0.717) is 5.41 Å². The summed E-state index contributed by atoms with van der Waals surface area (Å²) >= 11 is 0. The Morgan fingerprint density at radius 1 is 1.00 bits per heavy atom. The molecule has 122 valence electrons. The van der Waals surface area contributed by atoms with Gasteiger partial charge in [-0.05, 0) is 68.2 Å². The quantitative estimate of drug-likeness (QED) is 0.656. The third kappa shape index (κ3) is 5.25. The smallest absolute Gasteiger partial charge is 0.00504 e. The van der Waals surface area contributed by atoms with Gasteiger partial charge in [0.05, 0.1) is 0 Å². The first-order valence-corrected chi connectivity index (χ1v) is 9.58. The van der Waals surface area contributed by atoms with Crippen molar-refractivity contribution in [2.24, 2.45) is 23.2 Å². The van der Waals surface area contributed by atoms with E-state index in [2.05, 4.69) is 24.1 Å². The van der Waals surface area contributed by atoms with Gasteiger partial charge in [0.1, 0.15) is 0 Å². The molecule has 0 aromatic carbocycles. The lowest BCUT2D eigenvalue weighted by Crippen LogP contribution is -2.44. The van der Waals surface area contributed by atoms with E-state index in [4.69, 9.17) is 0 Å². The molecule has 0 atom stereocenters. The number of rotatable bonds is 10. The van der Waals surface area contributed by atoms with Crippen LogP contribution < -0.4 is 5.32 Å². The minimum Gasteiger partial charge on any atom is -0.316 e. The summed E-state index contributed by atoms with van der Waals surface area (Å²) in [5, 5.41) is 3.78. The van der Waals surface area contributed by atoms with Gasteiger partial charge in [0.15, 0.2) is 0 Å². The Morgan fingerprint density at radius 3 is 2.05 bits per heavy atom. The second kappa shape index (κ2) is 7.00. The first kappa shape index (κ1) is 15.8. The van der Waals surface area contributed by atoms with Crippen LogP contribution in [0.15, 0.2) is 0 Å². The van der Waals surface area contributed by atoms with Gasteiger partial charge < -0.3 is 10.2 Å². The van der Waals surface area contributed by atoms with Crippen LogP contribution in [0.5, 0.6) is 0 Å². The summed E-state index contributed by atoms with van der Waals surface area (Å²) in [6, 6.07) is 0. The largest absolute Gasteiger partial charge is 0.316 e. The molecule has 2 heteroatoms. The maximum absolute atomic E-state index is 3.78.